The molecule has 1 fully saturated rings. The van der Waals surface area contributed by atoms with Gasteiger partial charge in [-0.25, -0.2) is 0 Å². The summed E-state index contributed by atoms with van der Waals surface area (Å²) >= 11 is 0. The van der Waals surface area contributed by atoms with Crippen molar-refractivity contribution in [2.24, 2.45) is 11.1 Å². The fraction of sp³-hybridized carbons (Fsp3) is 0.875. The minimum atomic E-state index is -4.99. The molecule has 0 amide bonds. The average Bonchev–Trinajstić information content (AvgIpc) is 2.16. The molecule has 0 saturated carbocycles. The second-order valence-electron chi connectivity index (χ2n) is 3.62. The molecule has 1 heterocycles. The topological polar surface area (TPSA) is 76.0 Å². The molecule has 1 aliphatic heterocycles. The van der Waals surface area contributed by atoms with Gasteiger partial charge in [-0.2, -0.15) is 18.1 Å². The van der Waals surface area contributed by atoms with Crippen LogP contribution in [-0.4, -0.2) is 36.0 Å². The van der Waals surface area contributed by atoms with E-state index >= 15 is 0 Å². The van der Waals surface area contributed by atoms with Crippen molar-refractivity contribution in [1.82, 2.24) is 0 Å². The highest BCUT2D eigenvalue weighted by atomic mass is 19.4. The Hall–Kier alpha value is -1.18. The van der Waals surface area contributed by atoms with E-state index < -0.39 is 23.6 Å². The summed E-state index contributed by atoms with van der Waals surface area (Å²) in [5.41, 5.74) is -2.14. The van der Waals surface area contributed by atoms with Gasteiger partial charge in [0.1, 0.15) is 5.54 Å². The van der Waals surface area contributed by atoms with Crippen LogP contribution in [-0.2, 0) is 9.53 Å². The van der Waals surface area contributed by atoms with Gasteiger partial charge in [-0.1, -0.05) is 5.18 Å². The molecule has 1 N–H and O–H groups in total. The van der Waals surface area contributed by atoms with Gasteiger partial charge in [0, 0.05) is 26.1 Å². The number of aliphatic carboxylic acids is 1. The Morgan fingerprint density at radius 2 is 1.88 bits per heavy atom. The lowest BCUT2D eigenvalue weighted by molar-refractivity contribution is -0.211. The molecule has 1 unspecified atom stereocenters. The highest BCUT2D eigenvalue weighted by Crippen LogP contribution is 2.42. The van der Waals surface area contributed by atoms with E-state index in [1.54, 1.807) is 0 Å². The minimum absolute atomic E-state index is 0.0917. The monoisotopic (exact) mass is 241 g/mol. The maximum absolute atomic E-state index is 12.6. The van der Waals surface area contributed by atoms with Crippen LogP contribution < -0.4 is 0 Å². The highest BCUT2D eigenvalue weighted by molar-refractivity contribution is 5.73. The molecule has 1 atom stereocenters. The van der Waals surface area contributed by atoms with Crippen LogP contribution in [0.2, 0.25) is 0 Å². The van der Waals surface area contributed by atoms with E-state index in [1.165, 1.54) is 0 Å². The number of alkyl halides is 3. The van der Waals surface area contributed by atoms with Crippen molar-refractivity contribution in [3.05, 3.63) is 4.91 Å². The van der Waals surface area contributed by atoms with Crippen LogP contribution in [0.5, 0.6) is 0 Å². The molecule has 1 aliphatic rings. The first-order valence-electron chi connectivity index (χ1n) is 4.55. The van der Waals surface area contributed by atoms with Gasteiger partial charge in [0.05, 0.1) is 0 Å². The van der Waals surface area contributed by atoms with Crippen molar-refractivity contribution >= 4 is 5.97 Å². The summed E-state index contributed by atoms with van der Waals surface area (Å²) in [6.07, 6.45) is -5.64. The largest absolute Gasteiger partial charge is 0.481 e. The summed E-state index contributed by atoms with van der Waals surface area (Å²) in [6, 6.07) is 0. The molecular weight excluding hydrogens is 231 g/mol. The van der Waals surface area contributed by atoms with E-state index in [0.717, 1.165) is 0 Å². The number of halogens is 3. The quantitative estimate of drug-likeness (QED) is 0.761. The lowest BCUT2D eigenvalue weighted by atomic mass is 9.78. The first kappa shape index (κ1) is 12.9. The Bertz CT molecular complexity index is 285. The third kappa shape index (κ3) is 2.31. The maximum Gasteiger partial charge on any atom is 0.404 e. The molecule has 92 valence electrons. The minimum Gasteiger partial charge on any atom is -0.481 e. The molecule has 0 spiro atoms. The number of ether oxygens (including phenoxy) is 1. The van der Waals surface area contributed by atoms with Crippen LogP contribution in [0.25, 0.3) is 0 Å². The van der Waals surface area contributed by atoms with E-state index in [4.69, 9.17) is 9.84 Å². The van der Waals surface area contributed by atoms with Crippen molar-refractivity contribution in [1.29, 1.82) is 0 Å². The molecule has 0 aromatic carbocycles. The Kier molecular flexibility index (Phi) is 3.51. The van der Waals surface area contributed by atoms with Crippen molar-refractivity contribution in [2.45, 2.75) is 24.6 Å². The average molecular weight is 241 g/mol. The fourth-order valence-electron chi connectivity index (χ4n) is 1.83. The van der Waals surface area contributed by atoms with E-state index in [0.29, 0.717) is 0 Å². The Morgan fingerprint density at radius 1 is 1.38 bits per heavy atom. The smallest absolute Gasteiger partial charge is 0.404 e. The standard InChI is InChI=1S/C8H10F3NO4/c9-8(10,11)5(6(13)14)7(12-15)1-3-16-4-2-7/h5H,1-4H2,(H,13,14). The van der Waals surface area contributed by atoms with Crippen LogP contribution in [0.4, 0.5) is 13.2 Å². The Balaban J connectivity index is 3.07. The van der Waals surface area contributed by atoms with Crippen LogP contribution in [0.1, 0.15) is 12.8 Å². The number of rotatable bonds is 3. The lowest BCUT2D eigenvalue weighted by Crippen LogP contribution is -2.51. The third-order valence-electron chi connectivity index (χ3n) is 2.65. The zero-order chi connectivity index (χ0) is 12.4. The molecular formula is C8H10F3NO4. The summed E-state index contributed by atoms with van der Waals surface area (Å²) in [7, 11) is 0. The summed E-state index contributed by atoms with van der Waals surface area (Å²) < 4.78 is 42.5. The molecule has 0 aromatic heterocycles. The number of carboxylic acid groups (broad SMARTS) is 1. The molecule has 0 aliphatic carbocycles. The first-order valence-corrected chi connectivity index (χ1v) is 4.55. The van der Waals surface area contributed by atoms with Crippen molar-refractivity contribution in [3.8, 4) is 0 Å². The zero-order valence-corrected chi connectivity index (χ0v) is 8.16. The van der Waals surface area contributed by atoms with Gasteiger partial charge in [0.2, 0.25) is 0 Å². The predicted octanol–water partition coefficient (Wildman–Crippen LogP) is 1.57. The number of hydrogen-bond acceptors (Lipinski definition) is 4. The molecule has 0 radical (unpaired) electrons. The second-order valence-corrected chi connectivity index (χ2v) is 3.62. The highest BCUT2D eigenvalue weighted by Gasteiger charge is 2.60. The molecule has 1 rings (SSSR count). The number of carbonyl (C=O) groups is 1. The molecule has 8 heteroatoms. The van der Waals surface area contributed by atoms with Crippen LogP contribution in [0.3, 0.4) is 0 Å². The van der Waals surface area contributed by atoms with E-state index in [-0.39, 0.29) is 26.1 Å². The van der Waals surface area contributed by atoms with Gasteiger partial charge in [-0.3, -0.25) is 4.79 Å². The second kappa shape index (κ2) is 4.36. The van der Waals surface area contributed by atoms with Crippen molar-refractivity contribution in [3.63, 3.8) is 0 Å². The summed E-state index contributed by atoms with van der Waals surface area (Å²) in [5.74, 6) is -4.84. The van der Waals surface area contributed by atoms with Gasteiger partial charge < -0.3 is 9.84 Å². The Morgan fingerprint density at radius 3 is 2.19 bits per heavy atom. The summed E-state index contributed by atoms with van der Waals surface area (Å²) in [4.78, 5) is 21.3. The number of nitrogens with zero attached hydrogens (tertiary/aromatic N) is 1. The number of carboxylic acids is 1. The Labute approximate surface area is 88.5 Å². The van der Waals surface area contributed by atoms with E-state index in [1.807, 2.05) is 0 Å². The number of nitroso groups, excluding NO2 is 1. The predicted molar refractivity (Wildman–Crippen MR) is 45.8 cm³/mol. The van der Waals surface area contributed by atoms with Gasteiger partial charge >= 0.3 is 12.1 Å². The van der Waals surface area contributed by atoms with Crippen LogP contribution in [0.15, 0.2) is 5.18 Å². The SMILES string of the molecule is O=NC1(C(C(=O)O)C(F)(F)F)CCOCC1. The van der Waals surface area contributed by atoms with Gasteiger partial charge in [-0.15, -0.1) is 0 Å². The van der Waals surface area contributed by atoms with Gasteiger partial charge in [0.15, 0.2) is 5.92 Å². The summed E-state index contributed by atoms with van der Waals surface area (Å²) in [5, 5.41) is 11.0. The van der Waals surface area contributed by atoms with E-state index in [9.17, 15) is 22.9 Å². The molecule has 16 heavy (non-hydrogen) atoms. The van der Waals surface area contributed by atoms with Gasteiger partial charge in [-0.05, 0) is 0 Å². The molecule has 0 bridgehead atoms. The number of hydrogen-bond donors (Lipinski definition) is 1. The van der Waals surface area contributed by atoms with Crippen LogP contribution in [0, 0.1) is 10.8 Å². The van der Waals surface area contributed by atoms with Crippen molar-refractivity contribution < 1.29 is 27.8 Å². The molecule has 0 aromatic rings. The molecule has 5 nitrogen and oxygen atoms in total. The third-order valence-corrected chi connectivity index (χ3v) is 2.65. The fourth-order valence-corrected chi connectivity index (χ4v) is 1.83. The van der Waals surface area contributed by atoms with Gasteiger partial charge in [0.25, 0.3) is 0 Å². The first-order chi connectivity index (χ1) is 7.33. The van der Waals surface area contributed by atoms with Crippen molar-refractivity contribution in [2.75, 3.05) is 13.2 Å². The molecule has 1 saturated heterocycles. The van der Waals surface area contributed by atoms with Crippen LogP contribution >= 0.6 is 0 Å². The lowest BCUT2D eigenvalue weighted by Gasteiger charge is -2.35. The van der Waals surface area contributed by atoms with E-state index in [2.05, 4.69) is 5.18 Å². The summed E-state index contributed by atoms with van der Waals surface area (Å²) in [6.45, 7) is -0.183. The maximum atomic E-state index is 12.6. The zero-order valence-electron chi connectivity index (χ0n) is 8.16. The normalized spacial score (nSPS) is 22.4.